The molecule has 13 heavy (non-hydrogen) atoms. The van der Waals surface area contributed by atoms with Crippen LogP contribution in [0.4, 0.5) is 0 Å². The molecule has 2 unspecified atom stereocenters. The predicted octanol–water partition coefficient (Wildman–Crippen LogP) is 2.16. The largest absolute Gasteiger partial charge is 0.296 e. The molecule has 1 aliphatic heterocycles. The van der Waals surface area contributed by atoms with E-state index in [0.717, 1.165) is 19.4 Å². The van der Waals surface area contributed by atoms with Gasteiger partial charge in [0.2, 0.25) is 0 Å². The highest BCUT2D eigenvalue weighted by Crippen LogP contribution is 2.47. The smallest absolute Gasteiger partial charge is 0.0703 e. The molecule has 0 aromatic heterocycles. The Morgan fingerprint density at radius 3 is 2.23 bits per heavy atom. The lowest BCUT2D eigenvalue weighted by Crippen LogP contribution is -2.37. The Labute approximate surface area is 80.5 Å². The van der Waals surface area contributed by atoms with Crippen LogP contribution in [0, 0.1) is 16.7 Å². The van der Waals surface area contributed by atoms with Crippen molar-refractivity contribution in [2.24, 2.45) is 5.41 Å². The van der Waals surface area contributed by atoms with E-state index in [9.17, 15) is 0 Å². The van der Waals surface area contributed by atoms with E-state index in [-0.39, 0.29) is 5.41 Å². The average Bonchev–Trinajstić information content (AvgIpc) is 2.84. The first-order chi connectivity index (χ1) is 6.17. The monoisotopic (exact) mass is 178 g/mol. The lowest BCUT2D eigenvalue weighted by molar-refractivity contribution is 0.188. The minimum Gasteiger partial charge on any atom is -0.296 e. The molecule has 2 atom stereocenters. The summed E-state index contributed by atoms with van der Waals surface area (Å²) in [5.41, 5.74) is 0.0485. The molecule has 2 rings (SSSR count). The predicted molar refractivity (Wildman–Crippen MR) is 52.1 cm³/mol. The maximum absolute atomic E-state index is 9.01. The molecule has 72 valence electrons. The van der Waals surface area contributed by atoms with Crippen LogP contribution >= 0.6 is 0 Å². The third kappa shape index (κ3) is 1.58. The van der Waals surface area contributed by atoms with Crippen LogP contribution in [0.1, 0.15) is 39.5 Å². The number of nitriles is 1. The van der Waals surface area contributed by atoms with E-state index in [0.29, 0.717) is 12.1 Å². The molecule has 2 fully saturated rings. The second-order valence-corrected chi connectivity index (χ2v) is 4.84. The van der Waals surface area contributed by atoms with Crippen molar-refractivity contribution in [2.75, 3.05) is 6.54 Å². The normalized spacial score (nSPS) is 37.3. The highest BCUT2D eigenvalue weighted by molar-refractivity contribution is 5.12. The maximum atomic E-state index is 9.01. The van der Waals surface area contributed by atoms with Gasteiger partial charge in [-0.1, -0.05) is 0 Å². The number of likely N-dealkylation sites (tertiary alicyclic amines) is 1. The fourth-order valence-electron chi connectivity index (χ4n) is 2.37. The molecule has 2 aliphatic rings. The Hall–Kier alpha value is -0.550. The Kier molecular flexibility index (Phi) is 2.08. The van der Waals surface area contributed by atoms with E-state index in [1.807, 2.05) is 0 Å². The van der Waals surface area contributed by atoms with Crippen LogP contribution in [0.3, 0.4) is 0 Å². The summed E-state index contributed by atoms with van der Waals surface area (Å²) in [7, 11) is 0. The Morgan fingerprint density at radius 2 is 1.85 bits per heavy atom. The highest BCUT2D eigenvalue weighted by atomic mass is 15.2. The number of rotatable bonds is 2. The lowest BCUT2D eigenvalue weighted by atomic mass is 10.1. The van der Waals surface area contributed by atoms with Gasteiger partial charge < -0.3 is 0 Å². The molecule has 0 aromatic carbocycles. The molecule has 0 spiro atoms. The van der Waals surface area contributed by atoms with Gasteiger partial charge in [-0.05, 0) is 39.5 Å². The summed E-state index contributed by atoms with van der Waals surface area (Å²) in [6.07, 6.45) is 4.87. The van der Waals surface area contributed by atoms with Gasteiger partial charge in [-0.3, -0.25) is 4.90 Å². The van der Waals surface area contributed by atoms with Crippen molar-refractivity contribution >= 4 is 0 Å². The fourth-order valence-corrected chi connectivity index (χ4v) is 2.37. The summed E-state index contributed by atoms with van der Waals surface area (Å²) in [4.78, 5) is 2.52. The van der Waals surface area contributed by atoms with Gasteiger partial charge in [0.15, 0.2) is 0 Å². The van der Waals surface area contributed by atoms with Gasteiger partial charge in [-0.25, -0.2) is 0 Å². The summed E-state index contributed by atoms with van der Waals surface area (Å²) in [6.45, 7) is 5.60. The van der Waals surface area contributed by atoms with Crippen LogP contribution in [0.5, 0.6) is 0 Å². The third-order valence-electron chi connectivity index (χ3n) is 3.71. The molecular formula is C11H18N2. The van der Waals surface area contributed by atoms with Crippen molar-refractivity contribution in [3.05, 3.63) is 0 Å². The highest BCUT2D eigenvalue weighted by Gasteiger charge is 2.46. The van der Waals surface area contributed by atoms with Crippen LogP contribution in [0.25, 0.3) is 0 Å². The zero-order chi connectivity index (χ0) is 9.47. The van der Waals surface area contributed by atoms with E-state index in [1.165, 1.54) is 12.8 Å². The van der Waals surface area contributed by atoms with Gasteiger partial charge in [-0.15, -0.1) is 0 Å². The van der Waals surface area contributed by atoms with Crippen molar-refractivity contribution in [1.82, 2.24) is 4.90 Å². The van der Waals surface area contributed by atoms with Crippen LogP contribution in [0.2, 0.25) is 0 Å². The third-order valence-corrected chi connectivity index (χ3v) is 3.71. The van der Waals surface area contributed by atoms with Crippen molar-refractivity contribution in [2.45, 2.75) is 51.6 Å². The minimum absolute atomic E-state index is 0.0485. The van der Waals surface area contributed by atoms with Crippen molar-refractivity contribution in [1.29, 1.82) is 5.26 Å². The quantitative estimate of drug-likeness (QED) is 0.648. The molecule has 1 aliphatic carbocycles. The number of nitrogens with zero attached hydrogens (tertiary/aromatic N) is 2. The molecule has 0 aromatic rings. The van der Waals surface area contributed by atoms with Crippen molar-refractivity contribution in [3.8, 4) is 6.07 Å². The number of hydrogen-bond donors (Lipinski definition) is 0. The van der Waals surface area contributed by atoms with E-state index in [4.69, 9.17) is 5.26 Å². The van der Waals surface area contributed by atoms with Gasteiger partial charge >= 0.3 is 0 Å². The van der Waals surface area contributed by atoms with Gasteiger partial charge in [0.1, 0.15) is 0 Å². The SMILES string of the molecule is CC1CCC(C)N1CC1(C#N)CC1. The first-order valence-corrected chi connectivity index (χ1v) is 5.34. The van der Waals surface area contributed by atoms with E-state index in [1.54, 1.807) is 0 Å². The van der Waals surface area contributed by atoms with Crippen molar-refractivity contribution in [3.63, 3.8) is 0 Å². The molecule has 2 heteroatoms. The van der Waals surface area contributed by atoms with E-state index >= 15 is 0 Å². The molecule has 1 saturated heterocycles. The molecule has 1 saturated carbocycles. The Bertz CT molecular complexity index is 227. The van der Waals surface area contributed by atoms with E-state index in [2.05, 4.69) is 24.8 Å². The Balaban J connectivity index is 1.98. The van der Waals surface area contributed by atoms with Gasteiger partial charge in [0.05, 0.1) is 11.5 Å². The van der Waals surface area contributed by atoms with Crippen LogP contribution in [0.15, 0.2) is 0 Å². The minimum atomic E-state index is 0.0485. The summed E-state index contributed by atoms with van der Waals surface area (Å²) in [6, 6.07) is 3.87. The molecule has 0 radical (unpaired) electrons. The maximum Gasteiger partial charge on any atom is 0.0703 e. The van der Waals surface area contributed by atoms with Crippen LogP contribution in [-0.2, 0) is 0 Å². The van der Waals surface area contributed by atoms with Gasteiger partial charge in [-0.2, -0.15) is 5.26 Å². The summed E-state index contributed by atoms with van der Waals surface area (Å²) < 4.78 is 0. The molecule has 0 N–H and O–H groups in total. The Morgan fingerprint density at radius 1 is 1.31 bits per heavy atom. The zero-order valence-corrected chi connectivity index (χ0v) is 8.58. The second kappa shape index (κ2) is 2.99. The van der Waals surface area contributed by atoms with Crippen molar-refractivity contribution < 1.29 is 0 Å². The average molecular weight is 178 g/mol. The lowest BCUT2D eigenvalue weighted by Gasteiger charge is -2.27. The molecule has 1 heterocycles. The molecule has 0 amide bonds. The molecule has 2 nitrogen and oxygen atoms in total. The molecule has 0 bridgehead atoms. The van der Waals surface area contributed by atoms with E-state index < -0.39 is 0 Å². The topological polar surface area (TPSA) is 27.0 Å². The first-order valence-electron chi connectivity index (χ1n) is 5.34. The fraction of sp³-hybridized carbons (Fsp3) is 0.909. The van der Waals surface area contributed by atoms with Crippen LogP contribution < -0.4 is 0 Å². The number of hydrogen-bond acceptors (Lipinski definition) is 2. The molecular weight excluding hydrogens is 160 g/mol. The standard InChI is InChI=1S/C11H18N2/c1-9-3-4-10(2)13(9)8-11(7-12)5-6-11/h9-10H,3-6,8H2,1-2H3. The van der Waals surface area contributed by atoms with Gasteiger partial charge in [0, 0.05) is 18.6 Å². The summed E-state index contributed by atoms with van der Waals surface area (Å²) in [5.74, 6) is 0. The summed E-state index contributed by atoms with van der Waals surface area (Å²) >= 11 is 0. The first kappa shape index (κ1) is 9.02. The summed E-state index contributed by atoms with van der Waals surface area (Å²) in [5, 5.41) is 9.01. The zero-order valence-electron chi connectivity index (χ0n) is 8.58. The van der Waals surface area contributed by atoms with Crippen LogP contribution in [-0.4, -0.2) is 23.5 Å². The second-order valence-electron chi connectivity index (χ2n) is 4.84. The van der Waals surface area contributed by atoms with Gasteiger partial charge in [0.25, 0.3) is 0 Å².